The van der Waals surface area contributed by atoms with Gasteiger partial charge in [-0.25, -0.2) is 4.98 Å². The highest BCUT2D eigenvalue weighted by Gasteiger charge is 2.57. The van der Waals surface area contributed by atoms with E-state index in [0.29, 0.717) is 37.6 Å². The molecule has 1 aromatic heterocycles. The second-order valence-electron chi connectivity index (χ2n) is 5.97. The maximum Gasteiger partial charge on any atom is 0.392 e. The number of alkyl halides is 3. The van der Waals surface area contributed by atoms with Crippen LogP contribution < -0.4 is 5.73 Å². The van der Waals surface area contributed by atoms with Crippen LogP contribution in [-0.4, -0.2) is 29.1 Å². The Hall–Kier alpha value is -0.820. The molecule has 7 heteroatoms. The van der Waals surface area contributed by atoms with Crippen molar-refractivity contribution in [1.82, 2.24) is 9.88 Å². The molecule has 1 spiro atoms. The Bertz CT molecular complexity index is 481. The Morgan fingerprint density at radius 3 is 2.70 bits per heavy atom. The van der Waals surface area contributed by atoms with Crippen molar-refractivity contribution in [3.8, 4) is 0 Å². The van der Waals surface area contributed by atoms with E-state index in [0.717, 1.165) is 11.3 Å². The molecule has 3 nitrogen and oxygen atoms in total. The minimum absolute atomic E-state index is 0.220. The summed E-state index contributed by atoms with van der Waals surface area (Å²) in [7, 11) is 0. The Balaban J connectivity index is 1.70. The average molecular weight is 305 g/mol. The molecule has 0 aromatic carbocycles. The molecule has 1 aliphatic carbocycles. The molecule has 1 aliphatic heterocycles. The SMILES string of the molecule is Nc1ncc(CN2CCC(C(F)(F)F)C3(CCC3)C2)s1. The predicted molar refractivity (Wildman–Crippen MR) is 72.2 cm³/mol. The van der Waals surface area contributed by atoms with Crippen molar-refractivity contribution in [1.29, 1.82) is 0 Å². The minimum atomic E-state index is -4.05. The first kappa shape index (κ1) is 14.1. The van der Waals surface area contributed by atoms with Crippen LogP contribution in [0.3, 0.4) is 0 Å². The molecule has 2 aliphatic rings. The van der Waals surface area contributed by atoms with Gasteiger partial charge < -0.3 is 5.73 Å². The Kier molecular flexibility index (Phi) is 3.44. The molecule has 112 valence electrons. The fourth-order valence-corrected chi connectivity index (χ4v) is 4.38. The fraction of sp³-hybridized carbons (Fsp3) is 0.769. The zero-order valence-corrected chi connectivity index (χ0v) is 11.9. The number of hydrogen-bond acceptors (Lipinski definition) is 4. The van der Waals surface area contributed by atoms with E-state index in [4.69, 9.17) is 5.73 Å². The first-order valence-corrected chi connectivity index (χ1v) is 7.70. The first-order valence-electron chi connectivity index (χ1n) is 6.88. The second-order valence-corrected chi connectivity index (χ2v) is 7.12. The Labute approximate surface area is 120 Å². The summed E-state index contributed by atoms with van der Waals surface area (Å²) < 4.78 is 39.5. The number of nitrogens with two attached hydrogens (primary N) is 1. The highest BCUT2D eigenvalue weighted by atomic mass is 32.1. The molecule has 1 unspecified atom stereocenters. The van der Waals surface area contributed by atoms with Gasteiger partial charge in [-0.2, -0.15) is 13.2 Å². The van der Waals surface area contributed by atoms with Gasteiger partial charge in [0.1, 0.15) is 0 Å². The molecule has 3 rings (SSSR count). The molecule has 2 N–H and O–H groups in total. The highest BCUT2D eigenvalue weighted by molar-refractivity contribution is 7.15. The highest BCUT2D eigenvalue weighted by Crippen LogP contribution is 2.56. The maximum atomic E-state index is 13.2. The van der Waals surface area contributed by atoms with Crippen LogP contribution >= 0.6 is 11.3 Å². The molecule has 1 saturated carbocycles. The lowest BCUT2D eigenvalue weighted by Crippen LogP contribution is -2.56. The van der Waals surface area contributed by atoms with E-state index in [-0.39, 0.29) is 6.42 Å². The van der Waals surface area contributed by atoms with Crippen molar-refractivity contribution in [3.63, 3.8) is 0 Å². The van der Waals surface area contributed by atoms with Gasteiger partial charge in [-0.3, -0.25) is 4.90 Å². The summed E-state index contributed by atoms with van der Waals surface area (Å²) in [5.41, 5.74) is 5.06. The Morgan fingerprint density at radius 2 is 2.20 bits per heavy atom. The lowest BCUT2D eigenvalue weighted by Gasteiger charge is -2.54. The van der Waals surface area contributed by atoms with Gasteiger partial charge >= 0.3 is 6.18 Å². The van der Waals surface area contributed by atoms with Gasteiger partial charge in [0.05, 0.1) is 5.92 Å². The third kappa shape index (κ3) is 2.53. The van der Waals surface area contributed by atoms with E-state index in [1.54, 1.807) is 6.20 Å². The van der Waals surface area contributed by atoms with E-state index in [1.165, 1.54) is 11.3 Å². The van der Waals surface area contributed by atoms with Crippen LogP contribution in [0, 0.1) is 11.3 Å². The molecular weight excluding hydrogens is 287 g/mol. The van der Waals surface area contributed by atoms with E-state index >= 15 is 0 Å². The number of nitrogen functional groups attached to an aromatic ring is 1. The number of piperidine rings is 1. The monoisotopic (exact) mass is 305 g/mol. The Morgan fingerprint density at radius 1 is 1.45 bits per heavy atom. The molecule has 1 aromatic rings. The summed E-state index contributed by atoms with van der Waals surface area (Å²) in [6.07, 6.45) is 0.230. The third-order valence-corrected chi connectivity index (χ3v) is 5.52. The smallest absolute Gasteiger partial charge is 0.375 e. The van der Waals surface area contributed by atoms with Crippen LogP contribution in [-0.2, 0) is 6.54 Å². The van der Waals surface area contributed by atoms with E-state index < -0.39 is 17.5 Å². The molecule has 2 heterocycles. The lowest BCUT2D eigenvalue weighted by molar-refractivity contribution is -0.238. The summed E-state index contributed by atoms with van der Waals surface area (Å²) in [6, 6.07) is 0. The lowest BCUT2D eigenvalue weighted by atomic mass is 9.58. The molecule has 1 saturated heterocycles. The number of hydrogen-bond donors (Lipinski definition) is 1. The second kappa shape index (κ2) is 4.87. The number of rotatable bonds is 2. The summed E-state index contributed by atoms with van der Waals surface area (Å²) in [6.45, 7) is 1.72. The zero-order chi connectivity index (χ0) is 14.4. The van der Waals surface area contributed by atoms with Gasteiger partial charge in [0.15, 0.2) is 5.13 Å². The standard InChI is InChI=1S/C13H18F3N3S/c14-13(15,16)10-2-5-19(8-12(10)3-1-4-12)7-9-6-18-11(17)20-9/h6,10H,1-5,7-8H2,(H2,17,18). The van der Waals surface area contributed by atoms with Gasteiger partial charge in [-0.05, 0) is 31.2 Å². The molecule has 0 amide bonds. The summed E-state index contributed by atoms with van der Waals surface area (Å²) >= 11 is 1.42. The summed E-state index contributed by atoms with van der Waals surface area (Å²) in [4.78, 5) is 7.16. The van der Waals surface area contributed by atoms with Crippen molar-refractivity contribution in [2.45, 2.75) is 38.4 Å². The van der Waals surface area contributed by atoms with E-state index in [9.17, 15) is 13.2 Å². The fourth-order valence-electron chi connectivity index (χ4n) is 3.65. The summed E-state index contributed by atoms with van der Waals surface area (Å²) in [5.74, 6) is -1.12. The van der Waals surface area contributed by atoms with Gasteiger partial charge in [-0.15, -0.1) is 11.3 Å². The quantitative estimate of drug-likeness (QED) is 0.912. The maximum absolute atomic E-state index is 13.2. The molecule has 20 heavy (non-hydrogen) atoms. The van der Waals surface area contributed by atoms with Crippen molar-refractivity contribution >= 4 is 16.5 Å². The van der Waals surface area contributed by atoms with Crippen molar-refractivity contribution in [3.05, 3.63) is 11.1 Å². The van der Waals surface area contributed by atoms with Gasteiger partial charge in [0.25, 0.3) is 0 Å². The largest absolute Gasteiger partial charge is 0.392 e. The van der Waals surface area contributed by atoms with Crippen LogP contribution in [0.1, 0.15) is 30.6 Å². The van der Waals surface area contributed by atoms with E-state index in [2.05, 4.69) is 9.88 Å². The molecule has 0 radical (unpaired) electrons. The topological polar surface area (TPSA) is 42.1 Å². The number of anilines is 1. The average Bonchev–Trinajstić information content (AvgIpc) is 2.71. The molecule has 2 fully saturated rings. The van der Waals surface area contributed by atoms with Crippen molar-refractivity contribution in [2.75, 3.05) is 18.8 Å². The molecular formula is C13H18F3N3S. The van der Waals surface area contributed by atoms with Gasteiger partial charge in [-0.1, -0.05) is 6.42 Å². The summed E-state index contributed by atoms with van der Waals surface area (Å²) in [5, 5.41) is 0.517. The van der Waals surface area contributed by atoms with Crippen LogP contribution in [0.5, 0.6) is 0 Å². The number of nitrogens with zero attached hydrogens (tertiary/aromatic N) is 2. The predicted octanol–water partition coefficient (Wildman–Crippen LogP) is 3.28. The number of aromatic nitrogens is 1. The number of likely N-dealkylation sites (tertiary alicyclic amines) is 1. The van der Waals surface area contributed by atoms with Crippen molar-refractivity contribution in [2.24, 2.45) is 11.3 Å². The van der Waals surface area contributed by atoms with Crippen LogP contribution in [0.2, 0.25) is 0 Å². The third-order valence-electron chi connectivity index (χ3n) is 4.71. The van der Waals surface area contributed by atoms with Gasteiger partial charge in [0.2, 0.25) is 0 Å². The number of halogens is 3. The minimum Gasteiger partial charge on any atom is -0.375 e. The van der Waals surface area contributed by atoms with Crippen LogP contribution in [0.15, 0.2) is 6.20 Å². The number of thiazole rings is 1. The zero-order valence-electron chi connectivity index (χ0n) is 11.1. The van der Waals surface area contributed by atoms with Crippen molar-refractivity contribution < 1.29 is 13.2 Å². The van der Waals surface area contributed by atoms with Gasteiger partial charge in [0, 0.05) is 24.2 Å². The van der Waals surface area contributed by atoms with Crippen LogP contribution in [0.25, 0.3) is 0 Å². The first-order chi connectivity index (χ1) is 9.39. The molecule has 0 bridgehead atoms. The van der Waals surface area contributed by atoms with Crippen LogP contribution in [0.4, 0.5) is 18.3 Å². The van der Waals surface area contributed by atoms with E-state index in [1.807, 2.05) is 0 Å². The molecule has 1 atom stereocenters. The normalized spacial score (nSPS) is 26.6.